The van der Waals surface area contributed by atoms with E-state index in [2.05, 4.69) is 0 Å². The van der Waals surface area contributed by atoms with Gasteiger partial charge in [-0.3, -0.25) is 9.36 Å². The lowest BCUT2D eigenvalue weighted by molar-refractivity contribution is -0.289. The van der Waals surface area contributed by atoms with E-state index in [1.807, 2.05) is 0 Å². The first-order valence-corrected chi connectivity index (χ1v) is 8.30. The number of halogens is 5. The first kappa shape index (κ1) is 20.1. The van der Waals surface area contributed by atoms with Crippen LogP contribution in [0.15, 0.2) is 53.0 Å². The Hall–Kier alpha value is -2.68. The summed E-state index contributed by atoms with van der Waals surface area (Å²) in [5.74, 6) is -4.99. The number of pyridine rings is 1. The molecule has 0 fully saturated rings. The summed E-state index contributed by atoms with van der Waals surface area (Å²) < 4.78 is 73.2. The maximum atomic E-state index is 13.9. The van der Waals surface area contributed by atoms with Crippen LogP contribution in [0.4, 0.5) is 22.0 Å². The van der Waals surface area contributed by atoms with Crippen LogP contribution in [0.25, 0.3) is 5.70 Å². The third-order valence-corrected chi connectivity index (χ3v) is 4.60. The van der Waals surface area contributed by atoms with Crippen molar-refractivity contribution in [1.82, 2.24) is 4.57 Å². The molecule has 9 heteroatoms. The van der Waals surface area contributed by atoms with Crippen molar-refractivity contribution in [2.75, 3.05) is 6.54 Å². The minimum atomic E-state index is -5.76. The van der Waals surface area contributed by atoms with Gasteiger partial charge in [0, 0.05) is 35.5 Å². The van der Waals surface area contributed by atoms with Crippen LogP contribution in [0.1, 0.15) is 25.0 Å². The molecule has 0 amide bonds. The zero-order valence-electron chi connectivity index (χ0n) is 15.0. The predicted molar refractivity (Wildman–Crippen MR) is 93.2 cm³/mol. The number of rotatable bonds is 3. The molecule has 2 aromatic rings. The second-order valence-corrected chi connectivity index (χ2v) is 6.84. The highest BCUT2D eigenvalue weighted by Crippen LogP contribution is 2.47. The van der Waals surface area contributed by atoms with E-state index >= 15 is 0 Å². The number of ether oxygens (including phenoxy) is 1. The lowest BCUT2D eigenvalue weighted by Gasteiger charge is -2.37. The van der Waals surface area contributed by atoms with Gasteiger partial charge in [-0.1, -0.05) is 6.07 Å². The van der Waals surface area contributed by atoms with Crippen molar-refractivity contribution in [2.24, 2.45) is 5.73 Å². The van der Waals surface area contributed by atoms with Gasteiger partial charge in [-0.15, -0.1) is 0 Å². The van der Waals surface area contributed by atoms with Crippen LogP contribution in [-0.4, -0.2) is 22.9 Å². The first-order chi connectivity index (χ1) is 12.9. The average molecular weight is 400 g/mol. The van der Waals surface area contributed by atoms with Crippen LogP contribution in [0.2, 0.25) is 0 Å². The molecule has 0 aliphatic carbocycles. The van der Waals surface area contributed by atoms with Crippen molar-refractivity contribution in [2.45, 2.75) is 31.5 Å². The van der Waals surface area contributed by atoms with E-state index in [0.717, 1.165) is 6.07 Å². The largest absolute Gasteiger partial charge is 0.483 e. The van der Waals surface area contributed by atoms with Gasteiger partial charge in [-0.05, 0) is 38.1 Å². The Morgan fingerprint density at radius 2 is 1.79 bits per heavy atom. The zero-order valence-corrected chi connectivity index (χ0v) is 15.0. The highest BCUT2D eigenvalue weighted by molar-refractivity contribution is 5.77. The Balaban J connectivity index is 2.35. The Bertz CT molecular complexity index is 1010. The van der Waals surface area contributed by atoms with Crippen LogP contribution in [0.3, 0.4) is 0 Å². The highest BCUT2D eigenvalue weighted by atomic mass is 19.4. The number of alkyl halides is 5. The molecule has 150 valence electrons. The Kier molecular flexibility index (Phi) is 4.61. The van der Waals surface area contributed by atoms with E-state index in [4.69, 9.17) is 10.5 Å². The van der Waals surface area contributed by atoms with Gasteiger partial charge in [0.2, 0.25) is 0 Å². The van der Waals surface area contributed by atoms with E-state index in [1.165, 1.54) is 22.9 Å². The molecule has 1 aromatic carbocycles. The lowest BCUT2D eigenvalue weighted by atomic mass is 9.88. The van der Waals surface area contributed by atoms with Crippen LogP contribution >= 0.6 is 0 Å². The van der Waals surface area contributed by atoms with Crippen molar-refractivity contribution in [3.63, 3.8) is 0 Å². The minimum Gasteiger partial charge on any atom is -0.483 e. The lowest BCUT2D eigenvalue weighted by Crippen LogP contribution is -2.40. The van der Waals surface area contributed by atoms with Gasteiger partial charge in [0.25, 0.3) is 5.56 Å². The van der Waals surface area contributed by atoms with E-state index in [9.17, 15) is 26.7 Å². The molecule has 28 heavy (non-hydrogen) atoms. The number of hydrogen-bond acceptors (Lipinski definition) is 3. The molecule has 0 atom stereocenters. The molecule has 3 rings (SSSR count). The average Bonchev–Trinajstić information content (AvgIpc) is 2.59. The third-order valence-electron chi connectivity index (χ3n) is 4.60. The van der Waals surface area contributed by atoms with E-state index in [-0.39, 0.29) is 23.6 Å². The van der Waals surface area contributed by atoms with Gasteiger partial charge in [0.15, 0.2) is 0 Å². The van der Waals surface area contributed by atoms with Gasteiger partial charge >= 0.3 is 12.1 Å². The molecule has 2 heterocycles. The second kappa shape index (κ2) is 6.44. The van der Waals surface area contributed by atoms with Crippen molar-refractivity contribution in [3.8, 4) is 5.75 Å². The second-order valence-electron chi connectivity index (χ2n) is 6.84. The number of nitrogens with zero attached hydrogens (tertiary/aromatic N) is 1. The van der Waals surface area contributed by atoms with Gasteiger partial charge in [-0.25, -0.2) is 0 Å². The molecule has 0 spiro atoms. The summed E-state index contributed by atoms with van der Waals surface area (Å²) >= 11 is 0. The van der Waals surface area contributed by atoms with Crippen molar-refractivity contribution in [1.29, 1.82) is 0 Å². The summed E-state index contributed by atoms with van der Waals surface area (Å²) in [5.41, 5.74) is 3.56. The van der Waals surface area contributed by atoms with Gasteiger partial charge in [0.05, 0.1) is 5.70 Å². The molecular formula is C19H17F5N2O2. The normalized spacial score (nSPS) is 16.6. The molecule has 2 N–H and O–H groups in total. The molecule has 4 nitrogen and oxygen atoms in total. The zero-order chi connectivity index (χ0) is 20.9. The molecule has 1 aromatic heterocycles. The maximum absolute atomic E-state index is 13.9. The molecule has 0 unspecified atom stereocenters. The third kappa shape index (κ3) is 3.09. The number of hydrogen-bond donors (Lipinski definition) is 1. The molecule has 0 saturated carbocycles. The summed E-state index contributed by atoms with van der Waals surface area (Å²) in [6.07, 6.45) is -4.37. The number of fused-ring (bicyclic) bond motifs is 1. The Morgan fingerprint density at radius 3 is 2.36 bits per heavy atom. The smallest absolute Gasteiger partial charge is 0.458 e. The minimum absolute atomic E-state index is 0.0606. The van der Waals surface area contributed by atoms with Crippen molar-refractivity contribution < 1.29 is 26.7 Å². The fraction of sp³-hybridized carbons (Fsp3) is 0.316. The molecular weight excluding hydrogens is 383 g/mol. The molecule has 1 aliphatic heterocycles. The number of aromatic nitrogens is 1. The summed E-state index contributed by atoms with van der Waals surface area (Å²) in [7, 11) is 0. The molecule has 0 bridgehead atoms. The summed E-state index contributed by atoms with van der Waals surface area (Å²) in [4.78, 5) is 12.4. The monoisotopic (exact) mass is 400 g/mol. The Morgan fingerprint density at radius 1 is 1.11 bits per heavy atom. The molecule has 0 radical (unpaired) electrons. The number of benzene rings is 1. The van der Waals surface area contributed by atoms with Crippen LogP contribution in [0, 0.1) is 0 Å². The highest BCUT2D eigenvalue weighted by Gasteiger charge is 2.59. The van der Waals surface area contributed by atoms with Crippen molar-refractivity contribution in [3.05, 3.63) is 69.6 Å². The predicted octanol–water partition coefficient (Wildman–Crippen LogP) is 3.89. The SMILES string of the molecule is CC1(C)Oc2ccc(C(F)(F)C(F)(F)F)cc2C(n2ccccc2=O)=C1CN. The van der Waals surface area contributed by atoms with Crippen LogP contribution < -0.4 is 16.0 Å². The van der Waals surface area contributed by atoms with Crippen LogP contribution in [-0.2, 0) is 5.92 Å². The van der Waals surface area contributed by atoms with Crippen molar-refractivity contribution >= 4 is 5.70 Å². The fourth-order valence-corrected chi connectivity index (χ4v) is 3.18. The van der Waals surface area contributed by atoms with Crippen LogP contribution in [0.5, 0.6) is 5.75 Å². The van der Waals surface area contributed by atoms with E-state index in [1.54, 1.807) is 19.9 Å². The van der Waals surface area contributed by atoms with Gasteiger partial charge in [0.1, 0.15) is 11.4 Å². The summed E-state index contributed by atoms with van der Waals surface area (Å²) in [6, 6.07) is 6.69. The Labute approximate surface area is 157 Å². The first-order valence-electron chi connectivity index (χ1n) is 8.30. The van der Waals surface area contributed by atoms with E-state index in [0.29, 0.717) is 17.7 Å². The maximum Gasteiger partial charge on any atom is 0.458 e. The topological polar surface area (TPSA) is 57.2 Å². The van der Waals surface area contributed by atoms with Gasteiger partial charge < -0.3 is 10.5 Å². The van der Waals surface area contributed by atoms with E-state index < -0.39 is 28.8 Å². The number of nitrogens with two attached hydrogens (primary N) is 1. The summed E-state index contributed by atoms with van der Waals surface area (Å²) in [5, 5.41) is 0. The summed E-state index contributed by atoms with van der Waals surface area (Å²) in [6.45, 7) is 3.25. The van der Waals surface area contributed by atoms with Gasteiger partial charge in [-0.2, -0.15) is 22.0 Å². The quantitative estimate of drug-likeness (QED) is 0.796. The molecule has 0 saturated heterocycles. The molecule has 1 aliphatic rings. The standard InChI is InChI=1S/C19H17F5N2O2/c1-17(2)13(10-25)16(26-8-4-3-5-15(26)27)12-9-11(6-7-14(12)28-17)18(20,21)19(22,23)24/h3-9H,10,25H2,1-2H3. The fourth-order valence-electron chi connectivity index (χ4n) is 3.18.